The van der Waals surface area contributed by atoms with Gasteiger partial charge in [0.05, 0.1) is 31.0 Å². The van der Waals surface area contributed by atoms with Crippen molar-refractivity contribution < 1.29 is 14.3 Å². The minimum atomic E-state index is -0.178. The molecule has 0 radical (unpaired) electrons. The molecule has 3 rings (SSSR count). The number of ether oxygens (including phenoxy) is 2. The Morgan fingerprint density at radius 3 is 2.71 bits per heavy atom. The second-order valence-corrected chi connectivity index (χ2v) is 6.49. The van der Waals surface area contributed by atoms with E-state index in [0.29, 0.717) is 26.4 Å². The Bertz CT molecular complexity index is 822. The minimum Gasteiger partial charge on any atom is -0.493 e. The highest BCUT2D eigenvalue weighted by atomic mass is 32.2. The van der Waals surface area contributed by atoms with Crippen LogP contribution in [0.1, 0.15) is 5.56 Å². The maximum Gasteiger partial charge on any atom is 0.270 e. The van der Waals surface area contributed by atoms with Crippen LogP contribution < -0.4 is 14.4 Å². The van der Waals surface area contributed by atoms with Gasteiger partial charge in [0.2, 0.25) is 0 Å². The number of pyridine rings is 1. The van der Waals surface area contributed by atoms with Crippen LogP contribution in [0.4, 0.5) is 5.69 Å². The molecule has 0 bridgehead atoms. The highest BCUT2D eigenvalue weighted by Crippen LogP contribution is 2.38. The van der Waals surface area contributed by atoms with Crippen LogP contribution in [0.2, 0.25) is 0 Å². The Morgan fingerprint density at radius 2 is 2.04 bits per heavy atom. The summed E-state index contributed by atoms with van der Waals surface area (Å²) in [5, 5.41) is 0. The SMILES string of the molecule is COc1cccc(/C=C2/SC(=S)N(c3cccnc3)C2=O)c1OC. The zero-order valence-corrected chi connectivity index (χ0v) is 14.7. The van der Waals surface area contributed by atoms with Gasteiger partial charge in [-0.2, -0.15) is 0 Å². The predicted molar refractivity (Wildman–Crippen MR) is 99.4 cm³/mol. The fourth-order valence-electron chi connectivity index (χ4n) is 2.34. The summed E-state index contributed by atoms with van der Waals surface area (Å²) in [5.41, 5.74) is 1.41. The zero-order valence-electron chi connectivity index (χ0n) is 13.1. The van der Waals surface area contributed by atoms with E-state index in [9.17, 15) is 4.79 Å². The van der Waals surface area contributed by atoms with Gasteiger partial charge in [-0.25, -0.2) is 0 Å². The second kappa shape index (κ2) is 7.02. The molecule has 122 valence electrons. The van der Waals surface area contributed by atoms with Gasteiger partial charge in [0, 0.05) is 11.8 Å². The topological polar surface area (TPSA) is 51.7 Å². The van der Waals surface area contributed by atoms with Crippen LogP contribution in [0.25, 0.3) is 6.08 Å². The number of rotatable bonds is 4. The van der Waals surface area contributed by atoms with Crippen LogP contribution in [-0.4, -0.2) is 29.4 Å². The van der Waals surface area contributed by atoms with Gasteiger partial charge in [0.15, 0.2) is 15.8 Å². The number of carbonyl (C=O) groups is 1. The third-order valence-electron chi connectivity index (χ3n) is 3.42. The highest BCUT2D eigenvalue weighted by molar-refractivity contribution is 8.27. The first kappa shape index (κ1) is 16.5. The molecule has 0 aliphatic carbocycles. The molecule has 24 heavy (non-hydrogen) atoms. The number of thiocarbonyl (C=S) groups is 1. The predicted octanol–water partition coefficient (Wildman–Crippen LogP) is 3.50. The van der Waals surface area contributed by atoms with Crippen LogP contribution in [0.5, 0.6) is 11.5 Å². The molecular weight excluding hydrogens is 344 g/mol. The average molecular weight is 358 g/mol. The number of hydrogen-bond acceptors (Lipinski definition) is 6. The number of nitrogens with zero attached hydrogens (tertiary/aromatic N) is 2. The first-order valence-corrected chi connectivity index (χ1v) is 8.27. The van der Waals surface area contributed by atoms with E-state index in [1.807, 2.05) is 12.1 Å². The summed E-state index contributed by atoms with van der Waals surface area (Å²) in [5.74, 6) is 1.00. The normalized spacial score (nSPS) is 15.9. The smallest absolute Gasteiger partial charge is 0.270 e. The molecule has 0 unspecified atom stereocenters. The Kier molecular flexibility index (Phi) is 4.82. The lowest BCUT2D eigenvalue weighted by Gasteiger charge is -2.13. The van der Waals surface area contributed by atoms with Crippen molar-refractivity contribution in [2.24, 2.45) is 0 Å². The maximum atomic E-state index is 12.7. The molecule has 1 aliphatic heterocycles. The third-order valence-corrected chi connectivity index (χ3v) is 4.72. The molecule has 7 heteroatoms. The molecule has 5 nitrogen and oxygen atoms in total. The van der Waals surface area contributed by atoms with E-state index in [4.69, 9.17) is 21.7 Å². The summed E-state index contributed by atoms with van der Waals surface area (Å²) >= 11 is 6.60. The van der Waals surface area contributed by atoms with Crippen molar-refractivity contribution in [1.29, 1.82) is 0 Å². The Labute approximate surface area is 149 Å². The summed E-state index contributed by atoms with van der Waals surface area (Å²) in [6.07, 6.45) is 5.02. The van der Waals surface area contributed by atoms with Crippen LogP contribution in [-0.2, 0) is 4.79 Å². The molecule has 1 aliphatic rings. The van der Waals surface area contributed by atoms with Crippen molar-refractivity contribution in [2.75, 3.05) is 19.1 Å². The van der Waals surface area contributed by atoms with E-state index in [-0.39, 0.29) is 5.91 Å². The summed E-state index contributed by atoms with van der Waals surface area (Å²) in [6.45, 7) is 0. The van der Waals surface area contributed by atoms with Crippen LogP contribution in [0, 0.1) is 0 Å². The lowest BCUT2D eigenvalue weighted by Crippen LogP contribution is -2.27. The minimum absolute atomic E-state index is 0.178. The summed E-state index contributed by atoms with van der Waals surface area (Å²) < 4.78 is 11.2. The fourth-order valence-corrected chi connectivity index (χ4v) is 3.63. The molecule has 0 saturated carbocycles. The van der Waals surface area contributed by atoms with Gasteiger partial charge < -0.3 is 9.47 Å². The van der Waals surface area contributed by atoms with Crippen molar-refractivity contribution in [2.45, 2.75) is 0 Å². The molecule has 2 aromatic rings. The van der Waals surface area contributed by atoms with Crippen molar-refractivity contribution in [3.63, 3.8) is 0 Å². The molecular formula is C17H14N2O3S2. The molecule has 1 aromatic heterocycles. The molecule has 1 amide bonds. The van der Waals surface area contributed by atoms with Gasteiger partial charge in [0.25, 0.3) is 5.91 Å². The molecule has 2 heterocycles. The second-order valence-electron chi connectivity index (χ2n) is 4.81. The molecule has 0 atom stereocenters. The number of anilines is 1. The maximum absolute atomic E-state index is 12.7. The van der Waals surface area contributed by atoms with E-state index in [2.05, 4.69) is 4.98 Å². The van der Waals surface area contributed by atoms with Gasteiger partial charge in [-0.1, -0.05) is 36.1 Å². The Balaban J connectivity index is 1.98. The van der Waals surface area contributed by atoms with E-state index >= 15 is 0 Å². The number of carbonyl (C=O) groups excluding carboxylic acids is 1. The number of para-hydroxylation sites is 1. The van der Waals surface area contributed by atoms with Gasteiger partial charge in [-0.3, -0.25) is 14.7 Å². The molecule has 1 fully saturated rings. The quantitative estimate of drug-likeness (QED) is 0.616. The summed E-state index contributed by atoms with van der Waals surface area (Å²) in [4.78, 5) is 18.8. The largest absolute Gasteiger partial charge is 0.493 e. The van der Waals surface area contributed by atoms with Gasteiger partial charge >= 0.3 is 0 Å². The molecule has 1 saturated heterocycles. The number of aromatic nitrogens is 1. The third kappa shape index (κ3) is 3.00. The van der Waals surface area contributed by atoms with E-state index in [0.717, 1.165) is 5.56 Å². The standard InChI is InChI=1S/C17H14N2O3S2/c1-21-13-7-3-5-11(15(13)22-2)9-14-16(20)19(17(23)24-14)12-6-4-8-18-10-12/h3-10H,1-2H3/b14-9+. The number of methoxy groups -OCH3 is 2. The number of amides is 1. The van der Waals surface area contributed by atoms with Gasteiger partial charge in [0.1, 0.15) is 0 Å². The Hall–Kier alpha value is -2.38. The van der Waals surface area contributed by atoms with Crippen molar-refractivity contribution in [1.82, 2.24) is 4.98 Å². The van der Waals surface area contributed by atoms with Gasteiger partial charge in [-0.15, -0.1) is 0 Å². The Morgan fingerprint density at radius 1 is 1.21 bits per heavy atom. The van der Waals surface area contributed by atoms with Gasteiger partial charge in [-0.05, 0) is 24.3 Å². The number of thioether (sulfide) groups is 1. The molecule has 0 N–H and O–H groups in total. The van der Waals surface area contributed by atoms with E-state index in [1.165, 1.54) is 16.7 Å². The number of benzene rings is 1. The van der Waals surface area contributed by atoms with E-state index < -0.39 is 0 Å². The molecule has 0 spiro atoms. The van der Waals surface area contributed by atoms with Crippen LogP contribution in [0.15, 0.2) is 47.6 Å². The lowest BCUT2D eigenvalue weighted by molar-refractivity contribution is -0.113. The van der Waals surface area contributed by atoms with Crippen LogP contribution in [0.3, 0.4) is 0 Å². The van der Waals surface area contributed by atoms with Crippen molar-refractivity contribution >= 4 is 46.0 Å². The summed E-state index contributed by atoms with van der Waals surface area (Å²) in [7, 11) is 3.14. The number of hydrogen-bond donors (Lipinski definition) is 0. The first-order chi connectivity index (χ1) is 11.7. The lowest BCUT2D eigenvalue weighted by atomic mass is 10.1. The molecule has 1 aromatic carbocycles. The van der Waals surface area contributed by atoms with Crippen molar-refractivity contribution in [3.8, 4) is 11.5 Å². The first-order valence-electron chi connectivity index (χ1n) is 7.04. The van der Waals surface area contributed by atoms with Crippen molar-refractivity contribution in [3.05, 3.63) is 53.2 Å². The average Bonchev–Trinajstić information content (AvgIpc) is 2.89. The van der Waals surface area contributed by atoms with E-state index in [1.54, 1.807) is 50.9 Å². The summed E-state index contributed by atoms with van der Waals surface area (Å²) in [6, 6.07) is 9.07. The highest BCUT2D eigenvalue weighted by Gasteiger charge is 2.33. The monoisotopic (exact) mass is 358 g/mol. The fraction of sp³-hybridized carbons (Fsp3) is 0.118. The zero-order chi connectivity index (χ0) is 17.1. The van der Waals surface area contributed by atoms with Crippen LogP contribution >= 0.6 is 24.0 Å².